The number of nitrogens with one attached hydrogen (secondary N) is 1. The van der Waals surface area contributed by atoms with Crippen molar-refractivity contribution in [2.45, 2.75) is 11.8 Å². The lowest BCUT2D eigenvalue weighted by Gasteiger charge is -2.06. The van der Waals surface area contributed by atoms with Gasteiger partial charge in [0.15, 0.2) is 5.13 Å². The molecule has 0 saturated heterocycles. The number of hydrogen-bond donors (Lipinski definition) is 1. The molecule has 0 spiro atoms. The molecule has 1 N–H and O–H groups in total. The van der Waals surface area contributed by atoms with Gasteiger partial charge in [0.05, 0.1) is 21.7 Å². The first-order valence-electron chi connectivity index (χ1n) is 6.80. The molecule has 0 aliphatic rings. The van der Waals surface area contributed by atoms with Crippen molar-refractivity contribution in [1.29, 1.82) is 0 Å². The highest BCUT2D eigenvalue weighted by Crippen LogP contribution is 2.29. The summed E-state index contributed by atoms with van der Waals surface area (Å²) < 4.78 is 33.4. The zero-order valence-electron chi connectivity index (χ0n) is 12.1. The van der Waals surface area contributed by atoms with Crippen LogP contribution in [0.15, 0.2) is 47.4 Å². The number of hydrogen-bond acceptors (Lipinski definition) is 5. The molecule has 0 aliphatic heterocycles. The van der Waals surface area contributed by atoms with Crippen LogP contribution in [0.1, 0.15) is 6.92 Å². The fourth-order valence-corrected chi connectivity index (χ4v) is 4.37. The minimum absolute atomic E-state index is 0.151. The molecule has 2 aromatic carbocycles. The molecular weight excluding hydrogens is 356 g/mol. The predicted molar refractivity (Wildman–Crippen MR) is 93.0 cm³/mol. The quantitative estimate of drug-likeness (QED) is 0.734. The average Bonchev–Trinajstić information content (AvgIpc) is 2.88. The first-order chi connectivity index (χ1) is 11.0. The molecule has 0 saturated carbocycles. The number of fused-ring (bicyclic) bond motifs is 1. The zero-order chi connectivity index (χ0) is 16.4. The number of halogens is 1. The first kappa shape index (κ1) is 16.0. The van der Waals surface area contributed by atoms with E-state index in [1.165, 1.54) is 23.5 Å². The lowest BCUT2D eigenvalue weighted by Crippen LogP contribution is -2.12. The van der Waals surface area contributed by atoms with E-state index in [1.807, 2.05) is 6.92 Å². The van der Waals surface area contributed by atoms with Crippen molar-refractivity contribution in [3.63, 3.8) is 0 Å². The van der Waals surface area contributed by atoms with E-state index in [0.717, 1.165) is 4.70 Å². The topological polar surface area (TPSA) is 68.3 Å². The highest BCUT2D eigenvalue weighted by Gasteiger charge is 2.16. The van der Waals surface area contributed by atoms with Crippen LogP contribution in [-0.4, -0.2) is 20.0 Å². The number of anilines is 1. The van der Waals surface area contributed by atoms with E-state index >= 15 is 0 Å². The van der Waals surface area contributed by atoms with Crippen LogP contribution in [0.4, 0.5) is 5.13 Å². The van der Waals surface area contributed by atoms with Gasteiger partial charge >= 0.3 is 0 Å². The van der Waals surface area contributed by atoms with E-state index in [2.05, 4.69) is 9.71 Å². The van der Waals surface area contributed by atoms with E-state index in [-0.39, 0.29) is 4.90 Å². The van der Waals surface area contributed by atoms with E-state index in [1.54, 1.807) is 30.3 Å². The third kappa shape index (κ3) is 3.57. The summed E-state index contributed by atoms with van der Waals surface area (Å²) in [5.74, 6) is 0.626. The smallest absolute Gasteiger partial charge is 0.263 e. The van der Waals surface area contributed by atoms with Crippen molar-refractivity contribution in [3.8, 4) is 5.75 Å². The molecule has 3 rings (SSSR count). The van der Waals surface area contributed by atoms with Gasteiger partial charge in [0.25, 0.3) is 10.0 Å². The maximum absolute atomic E-state index is 12.4. The summed E-state index contributed by atoms with van der Waals surface area (Å²) in [5.41, 5.74) is 0.698. The van der Waals surface area contributed by atoms with Gasteiger partial charge in [0, 0.05) is 5.02 Å². The maximum Gasteiger partial charge on any atom is 0.263 e. The molecule has 0 amide bonds. The van der Waals surface area contributed by atoms with Crippen LogP contribution in [0.5, 0.6) is 5.75 Å². The van der Waals surface area contributed by atoms with Crippen molar-refractivity contribution < 1.29 is 13.2 Å². The molecule has 1 heterocycles. The summed E-state index contributed by atoms with van der Waals surface area (Å²) in [4.78, 5) is 4.41. The van der Waals surface area contributed by atoms with Crippen LogP contribution in [0.25, 0.3) is 10.2 Å². The summed E-state index contributed by atoms with van der Waals surface area (Å²) >= 11 is 7.16. The average molecular weight is 369 g/mol. The second kappa shape index (κ2) is 6.35. The number of aromatic nitrogens is 1. The number of ether oxygens (including phenoxy) is 1. The van der Waals surface area contributed by atoms with E-state index < -0.39 is 10.0 Å². The third-order valence-electron chi connectivity index (χ3n) is 3.02. The van der Waals surface area contributed by atoms with E-state index in [9.17, 15) is 8.42 Å². The Morgan fingerprint density at radius 3 is 2.65 bits per heavy atom. The van der Waals surface area contributed by atoms with Crippen LogP contribution in [0.3, 0.4) is 0 Å². The van der Waals surface area contributed by atoms with Crippen molar-refractivity contribution in [3.05, 3.63) is 47.5 Å². The molecule has 8 heteroatoms. The molecule has 3 aromatic rings. The Hall–Kier alpha value is -1.83. The molecule has 0 aliphatic carbocycles. The largest absolute Gasteiger partial charge is 0.494 e. The van der Waals surface area contributed by atoms with E-state index in [0.29, 0.717) is 28.0 Å². The van der Waals surface area contributed by atoms with Crippen LogP contribution < -0.4 is 9.46 Å². The Morgan fingerprint density at radius 2 is 1.96 bits per heavy atom. The van der Waals surface area contributed by atoms with Crippen LogP contribution >= 0.6 is 22.9 Å². The fraction of sp³-hybridized carbons (Fsp3) is 0.133. The van der Waals surface area contributed by atoms with Crippen LogP contribution in [0.2, 0.25) is 5.02 Å². The lowest BCUT2D eigenvalue weighted by atomic mass is 10.3. The van der Waals surface area contributed by atoms with Gasteiger partial charge in [-0.2, -0.15) is 0 Å². The minimum Gasteiger partial charge on any atom is -0.494 e. The van der Waals surface area contributed by atoms with E-state index in [4.69, 9.17) is 16.3 Å². The third-order valence-corrected chi connectivity index (χ3v) is 5.67. The fourth-order valence-electron chi connectivity index (χ4n) is 2.00. The second-order valence-corrected chi connectivity index (χ2v) is 7.79. The predicted octanol–water partition coefficient (Wildman–Crippen LogP) is 4.15. The van der Waals surface area contributed by atoms with Gasteiger partial charge in [-0.25, -0.2) is 13.4 Å². The summed E-state index contributed by atoms with van der Waals surface area (Å²) in [6.07, 6.45) is 0. The number of rotatable bonds is 5. The zero-order valence-corrected chi connectivity index (χ0v) is 14.5. The van der Waals surface area contributed by atoms with Crippen molar-refractivity contribution >= 4 is 48.3 Å². The van der Waals surface area contributed by atoms with Gasteiger partial charge in [-0.3, -0.25) is 4.72 Å². The molecule has 0 fully saturated rings. The SMILES string of the molecule is CCOc1ccc(S(=O)(=O)Nc2nc3ccc(Cl)cc3s2)cc1. The summed E-state index contributed by atoms with van der Waals surface area (Å²) in [6.45, 7) is 2.39. The van der Waals surface area contributed by atoms with Gasteiger partial charge in [0.1, 0.15) is 5.75 Å². The molecule has 5 nitrogen and oxygen atoms in total. The van der Waals surface area contributed by atoms with Crippen molar-refractivity contribution in [2.24, 2.45) is 0 Å². The number of thiazole rings is 1. The highest BCUT2D eigenvalue weighted by atomic mass is 35.5. The molecular formula is C15H13ClN2O3S2. The van der Waals surface area contributed by atoms with Gasteiger partial charge in [-0.1, -0.05) is 22.9 Å². The lowest BCUT2D eigenvalue weighted by molar-refractivity contribution is 0.340. The molecule has 0 unspecified atom stereocenters. The minimum atomic E-state index is -3.69. The first-order valence-corrected chi connectivity index (χ1v) is 9.47. The number of nitrogens with zero attached hydrogens (tertiary/aromatic N) is 1. The molecule has 120 valence electrons. The van der Waals surface area contributed by atoms with Gasteiger partial charge < -0.3 is 4.74 Å². The molecule has 0 radical (unpaired) electrons. The monoisotopic (exact) mass is 368 g/mol. The van der Waals surface area contributed by atoms with Crippen LogP contribution in [-0.2, 0) is 10.0 Å². The van der Waals surface area contributed by atoms with Crippen molar-refractivity contribution in [2.75, 3.05) is 11.3 Å². The Bertz CT molecular complexity index is 937. The molecule has 23 heavy (non-hydrogen) atoms. The van der Waals surface area contributed by atoms with Crippen LogP contribution in [0, 0.1) is 0 Å². The van der Waals surface area contributed by atoms with Gasteiger partial charge in [-0.15, -0.1) is 0 Å². The molecule has 1 aromatic heterocycles. The van der Waals surface area contributed by atoms with Gasteiger partial charge in [-0.05, 0) is 49.4 Å². The summed E-state index contributed by atoms with van der Waals surface area (Å²) in [6, 6.07) is 11.5. The van der Waals surface area contributed by atoms with Crippen molar-refractivity contribution in [1.82, 2.24) is 4.98 Å². The molecule has 0 bridgehead atoms. The Morgan fingerprint density at radius 1 is 1.22 bits per heavy atom. The molecule has 0 atom stereocenters. The summed E-state index contributed by atoms with van der Waals surface area (Å²) in [5, 5.41) is 0.887. The summed E-state index contributed by atoms with van der Waals surface area (Å²) in [7, 11) is -3.69. The standard InChI is InChI=1S/C15H13ClN2O3S2/c1-2-21-11-4-6-12(7-5-11)23(19,20)18-15-17-13-8-3-10(16)9-14(13)22-15/h3-9H,2H2,1H3,(H,17,18). The highest BCUT2D eigenvalue weighted by molar-refractivity contribution is 7.93. The Kier molecular flexibility index (Phi) is 4.43. The normalized spacial score (nSPS) is 11.6. The Labute approximate surface area is 142 Å². The number of sulfonamides is 1. The maximum atomic E-state index is 12.4. The Balaban J connectivity index is 1.86. The second-order valence-electron chi connectivity index (χ2n) is 4.64. The number of benzene rings is 2. The van der Waals surface area contributed by atoms with Gasteiger partial charge in [0.2, 0.25) is 0 Å².